The van der Waals surface area contributed by atoms with Crippen LogP contribution in [0, 0.1) is 0 Å². The predicted molar refractivity (Wildman–Crippen MR) is 168 cm³/mol. The number of hydrogen-bond acceptors (Lipinski definition) is 5. The fourth-order valence-corrected chi connectivity index (χ4v) is 13.1. The van der Waals surface area contributed by atoms with E-state index in [0.717, 1.165) is 6.42 Å². The van der Waals surface area contributed by atoms with Crippen molar-refractivity contribution >= 4 is 59.9 Å². The molecule has 0 aliphatic carbocycles. The van der Waals surface area contributed by atoms with E-state index in [4.69, 9.17) is 14.9 Å². The first-order valence-corrected chi connectivity index (χ1v) is 17.9. The Kier molecular flexibility index (Phi) is 8.80. The van der Waals surface area contributed by atoms with Gasteiger partial charge in [0.15, 0.2) is 0 Å². The van der Waals surface area contributed by atoms with Gasteiger partial charge >= 0.3 is 252 Å². The number of nitrogens with two attached hydrogens (primary N) is 1. The molecular formula is C31H34BrN3O3SeSi. The van der Waals surface area contributed by atoms with Crippen molar-refractivity contribution in [3.8, 4) is 0 Å². The Morgan fingerprint density at radius 2 is 1.55 bits per heavy atom. The van der Waals surface area contributed by atoms with Crippen LogP contribution < -0.4 is 26.3 Å². The van der Waals surface area contributed by atoms with Gasteiger partial charge in [-0.15, -0.1) is 0 Å². The molecule has 3 aromatic carbocycles. The maximum absolute atomic E-state index is 13.0. The number of rotatable bonds is 8. The standard InChI is InChI=1S/C31H34BrN3O3SeSi/c1-31(2,3)40(24-15-9-5-10-16-24,25-17-11-6-12-18-25)37-21-22-19-27(39-23-13-7-4-8-14-23)29(38-22)35-20-26(32)28(33)34-30(35)36/h4-18,20,22,27,29H,19,21H2,1-3H3,(H2,33,34,36)/t22-,27+,29+/m0/s1. The van der Waals surface area contributed by atoms with Gasteiger partial charge in [-0.25, -0.2) is 0 Å². The van der Waals surface area contributed by atoms with Gasteiger partial charge in [0.25, 0.3) is 0 Å². The van der Waals surface area contributed by atoms with Gasteiger partial charge in [-0.05, 0) is 0 Å². The summed E-state index contributed by atoms with van der Waals surface area (Å²) in [4.78, 5) is 17.1. The van der Waals surface area contributed by atoms with Crippen molar-refractivity contribution in [2.24, 2.45) is 0 Å². The quantitative estimate of drug-likeness (QED) is 0.281. The van der Waals surface area contributed by atoms with Crippen LogP contribution in [0.4, 0.5) is 5.82 Å². The van der Waals surface area contributed by atoms with Gasteiger partial charge in [-0.3, -0.25) is 0 Å². The summed E-state index contributed by atoms with van der Waals surface area (Å²) in [7, 11) is -2.72. The third-order valence-corrected chi connectivity index (χ3v) is 15.6. The molecule has 9 heteroatoms. The molecule has 208 valence electrons. The van der Waals surface area contributed by atoms with Crippen molar-refractivity contribution in [1.29, 1.82) is 0 Å². The molecule has 4 aromatic rings. The Morgan fingerprint density at radius 3 is 2.10 bits per heavy atom. The summed E-state index contributed by atoms with van der Waals surface area (Å²) in [6, 6.07) is 31.7. The van der Waals surface area contributed by atoms with Crippen LogP contribution in [0.3, 0.4) is 0 Å². The second-order valence-corrected chi connectivity index (χ2v) is 18.9. The topological polar surface area (TPSA) is 79.4 Å². The van der Waals surface area contributed by atoms with E-state index in [9.17, 15) is 4.79 Å². The van der Waals surface area contributed by atoms with Crippen LogP contribution in [0.15, 0.2) is 106 Å². The molecule has 2 N–H and O–H groups in total. The van der Waals surface area contributed by atoms with Crippen LogP contribution in [0.5, 0.6) is 0 Å². The van der Waals surface area contributed by atoms with E-state index >= 15 is 0 Å². The molecule has 0 saturated carbocycles. The summed E-state index contributed by atoms with van der Waals surface area (Å²) in [6.45, 7) is 7.26. The Morgan fingerprint density at radius 1 is 1.00 bits per heavy atom. The van der Waals surface area contributed by atoms with Gasteiger partial charge in [-0.1, -0.05) is 0 Å². The van der Waals surface area contributed by atoms with E-state index in [0.29, 0.717) is 11.1 Å². The number of nitrogens with zero attached hydrogens (tertiary/aromatic N) is 2. The molecule has 1 aromatic heterocycles. The van der Waals surface area contributed by atoms with Crippen molar-refractivity contribution in [2.45, 2.75) is 49.4 Å². The number of hydrogen-bond donors (Lipinski definition) is 1. The number of benzene rings is 3. The first kappa shape index (κ1) is 29.0. The second-order valence-electron chi connectivity index (χ2n) is 11.0. The summed E-state index contributed by atoms with van der Waals surface area (Å²) in [6.07, 6.45) is 1.86. The zero-order valence-corrected chi connectivity index (χ0v) is 27.2. The van der Waals surface area contributed by atoms with Gasteiger partial charge in [0.2, 0.25) is 0 Å². The monoisotopic (exact) mass is 683 g/mol. The maximum atomic E-state index is 13.0. The third kappa shape index (κ3) is 5.91. The van der Waals surface area contributed by atoms with Crippen molar-refractivity contribution in [3.63, 3.8) is 0 Å². The average molecular weight is 684 g/mol. The molecular weight excluding hydrogens is 649 g/mol. The Balaban J connectivity index is 1.49. The van der Waals surface area contributed by atoms with Crippen LogP contribution in [0.25, 0.3) is 0 Å². The zero-order chi connectivity index (χ0) is 28.3. The summed E-state index contributed by atoms with van der Waals surface area (Å²) in [5.41, 5.74) is 5.49. The van der Waals surface area contributed by atoms with Gasteiger partial charge in [0, 0.05) is 0 Å². The number of nitrogen functional groups attached to an aromatic ring is 1. The molecule has 1 aliphatic rings. The van der Waals surface area contributed by atoms with Gasteiger partial charge in [0.1, 0.15) is 0 Å². The first-order chi connectivity index (χ1) is 19.2. The van der Waals surface area contributed by atoms with Crippen molar-refractivity contribution in [1.82, 2.24) is 9.55 Å². The summed E-state index contributed by atoms with van der Waals surface area (Å²) in [5.74, 6) is 0.177. The van der Waals surface area contributed by atoms with Crippen LogP contribution in [-0.2, 0) is 9.16 Å². The Labute approximate surface area is 251 Å². The molecule has 0 amide bonds. The van der Waals surface area contributed by atoms with E-state index in [-0.39, 0.29) is 36.7 Å². The van der Waals surface area contributed by atoms with Crippen molar-refractivity contribution in [2.75, 3.05) is 12.3 Å². The predicted octanol–water partition coefficient (Wildman–Crippen LogP) is 4.27. The van der Waals surface area contributed by atoms with Crippen LogP contribution in [-0.4, -0.2) is 45.5 Å². The molecule has 1 fully saturated rings. The summed E-state index contributed by atoms with van der Waals surface area (Å²) in [5, 5.41) is 2.33. The van der Waals surface area contributed by atoms with Crippen molar-refractivity contribution in [3.05, 3.63) is 112 Å². The van der Waals surface area contributed by atoms with Crippen LogP contribution in [0.1, 0.15) is 33.4 Å². The van der Waals surface area contributed by atoms with Gasteiger partial charge < -0.3 is 0 Å². The van der Waals surface area contributed by atoms with Crippen molar-refractivity contribution < 1.29 is 9.16 Å². The first-order valence-electron chi connectivity index (χ1n) is 13.4. The average Bonchev–Trinajstić information content (AvgIpc) is 3.34. The molecule has 0 spiro atoms. The molecule has 5 rings (SSSR count). The van der Waals surface area contributed by atoms with E-state index in [1.807, 2.05) is 18.2 Å². The molecule has 1 saturated heterocycles. The summed E-state index contributed by atoms with van der Waals surface area (Å²) < 4.78 is 17.3. The molecule has 40 heavy (non-hydrogen) atoms. The number of anilines is 1. The normalized spacial score (nSPS) is 19.6. The molecule has 3 atom stereocenters. The van der Waals surface area contributed by atoms with E-state index < -0.39 is 20.2 Å². The zero-order valence-electron chi connectivity index (χ0n) is 22.9. The molecule has 2 heterocycles. The molecule has 0 radical (unpaired) electrons. The molecule has 6 nitrogen and oxygen atoms in total. The fourth-order valence-electron chi connectivity index (χ4n) is 5.47. The molecule has 0 bridgehead atoms. The minimum absolute atomic E-state index is 0.0748. The number of halogens is 1. The van der Waals surface area contributed by atoms with E-state index in [2.05, 4.69) is 114 Å². The molecule has 1 aliphatic heterocycles. The van der Waals surface area contributed by atoms with Gasteiger partial charge in [0.05, 0.1) is 0 Å². The Bertz CT molecular complexity index is 1440. The van der Waals surface area contributed by atoms with Gasteiger partial charge in [-0.2, -0.15) is 0 Å². The third-order valence-electron chi connectivity index (χ3n) is 7.29. The summed E-state index contributed by atoms with van der Waals surface area (Å²) >= 11 is 3.52. The second kappa shape index (κ2) is 12.1. The number of ether oxygens (including phenoxy) is 1. The fraction of sp³-hybridized carbons (Fsp3) is 0.290. The SMILES string of the molecule is CC(C)(C)[Si](OC[C@@H]1C[C@@H]([Se]c2ccccc2)[C@H](n2cc(Br)c(N)nc2=O)O1)(c1ccccc1)c1ccccc1. The number of aromatic nitrogens is 2. The Hall–Kier alpha value is -2.52. The van der Waals surface area contributed by atoms with Crippen LogP contribution in [0.2, 0.25) is 9.85 Å². The van der Waals surface area contributed by atoms with E-state index in [1.54, 1.807) is 10.8 Å². The van der Waals surface area contributed by atoms with Crippen LogP contribution >= 0.6 is 15.9 Å². The minimum atomic E-state index is -2.72. The van der Waals surface area contributed by atoms with E-state index in [1.165, 1.54) is 14.8 Å². The molecule has 0 unspecified atom stereocenters.